The third-order valence-electron chi connectivity index (χ3n) is 3.61. The fraction of sp³-hybridized carbons (Fsp3) is 0.294. The number of carbonyl (C=O) groups is 2. The van der Waals surface area contributed by atoms with Gasteiger partial charge in [0.1, 0.15) is 5.76 Å². The molecule has 1 heterocycles. The monoisotopic (exact) mass is 315 g/mol. The first kappa shape index (κ1) is 16.8. The van der Waals surface area contributed by atoms with Gasteiger partial charge in [-0.15, -0.1) is 0 Å². The highest BCUT2D eigenvalue weighted by molar-refractivity contribution is 5.95. The molecule has 0 aliphatic rings. The molecule has 2 aromatic rings. The smallest absolute Gasteiger partial charge is 0.269 e. The molecule has 0 spiro atoms. The van der Waals surface area contributed by atoms with Gasteiger partial charge in [-0.1, -0.05) is 17.7 Å². The zero-order chi connectivity index (χ0) is 16.8. The highest BCUT2D eigenvalue weighted by atomic mass is 16.3. The fourth-order valence-corrected chi connectivity index (χ4v) is 2.07. The van der Waals surface area contributed by atoms with Crippen LogP contribution in [0.25, 0.3) is 0 Å². The molecule has 1 aromatic carbocycles. The SMILES string of the molecule is Cc1cccc(C(=O)NNC(=O)[C@@H](C)N(C)Cc2ccco2)c1. The van der Waals surface area contributed by atoms with Crippen molar-refractivity contribution in [2.75, 3.05) is 7.05 Å². The standard InChI is InChI=1S/C17H21N3O3/c1-12-6-4-7-14(10-12)17(22)19-18-16(21)13(2)20(3)11-15-8-5-9-23-15/h4-10,13H,11H2,1-3H3,(H,18,21)(H,19,22)/t13-/m1/s1. The third kappa shape index (κ3) is 4.69. The molecule has 2 rings (SSSR count). The van der Waals surface area contributed by atoms with E-state index in [0.717, 1.165) is 11.3 Å². The summed E-state index contributed by atoms with van der Waals surface area (Å²) in [5, 5.41) is 0. The van der Waals surface area contributed by atoms with E-state index in [1.165, 1.54) is 0 Å². The summed E-state index contributed by atoms with van der Waals surface area (Å²) in [7, 11) is 1.81. The number of hydrogen-bond donors (Lipinski definition) is 2. The van der Waals surface area contributed by atoms with E-state index in [0.29, 0.717) is 12.1 Å². The maximum atomic E-state index is 12.1. The Morgan fingerprint density at radius 2 is 2.00 bits per heavy atom. The molecule has 0 aliphatic carbocycles. The molecule has 122 valence electrons. The molecule has 0 radical (unpaired) electrons. The van der Waals surface area contributed by atoms with Crippen LogP contribution in [0.1, 0.15) is 28.6 Å². The Kier molecular flexibility index (Phi) is 5.54. The summed E-state index contributed by atoms with van der Waals surface area (Å²) in [6.07, 6.45) is 1.59. The largest absolute Gasteiger partial charge is 0.468 e. The Bertz CT molecular complexity index is 667. The zero-order valence-electron chi connectivity index (χ0n) is 13.5. The average Bonchev–Trinajstić information content (AvgIpc) is 3.04. The Hall–Kier alpha value is -2.60. The maximum absolute atomic E-state index is 12.1. The molecule has 2 N–H and O–H groups in total. The number of aryl methyl sites for hydroxylation is 1. The molecule has 0 aliphatic heterocycles. The maximum Gasteiger partial charge on any atom is 0.269 e. The minimum atomic E-state index is -0.419. The number of furan rings is 1. The van der Waals surface area contributed by atoms with E-state index in [1.807, 2.05) is 31.0 Å². The van der Waals surface area contributed by atoms with Crippen molar-refractivity contribution in [1.82, 2.24) is 15.8 Å². The first-order chi connectivity index (χ1) is 11.0. The number of nitrogens with one attached hydrogen (secondary N) is 2. The lowest BCUT2D eigenvalue weighted by Gasteiger charge is -2.22. The normalized spacial score (nSPS) is 12.0. The van der Waals surface area contributed by atoms with Crippen molar-refractivity contribution >= 4 is 11.8 Å². The van der Waals surface area contributed by atoms with Crippen molar-refractivity contribution in [3.63, 3.8) is 0 Å². The third-order valence-corrected chi connectivity index (χ3v) is 3.61. The van der Waals surface area contributed by atoms with Gasteiger partial charge in [0.25, 0.3) is 11.8 Å². The number of carbonyl (C=O) groups excluding carboxylic acids is 2. The van der Waals surface area contributed by atoms with Crippen molar-refractivity contribution < 1.29 is 14.0 Å². The van der Waals surface area contributed by atoms with Crippen LogP contribution in [0.2, 0.25) is 0 Å². The van der Waals surface area contributed by atoms with Gasteiger partial charge >= 0.3 is 0 Å². The van der Waals surface area contributed by atoms with Crippen LogP contribution in [0.3, 0.4) is 0 Å². The van der Waals surface area contributed by atoms with Gasteiger partial charge < -0.3 is 4.42 Å². The van der Waals surface area contributed by atoms with Crippen molar-refractivity contribution in [2.24, 2.45) is 0 Å². The van der Waals surface area contributed by atoms with Gasteiger partial charge in [0, 0.05) is 5.56 Å². The number of hydrazine groups is 1. The molecule has 6 heteroatoms. The first-order valence-electron chi connectivity index (χ1n) is 7.37. The molecule has 0 saturated heterocycles. The zero-order valence-corrected chi connectivity index (χ0v) is 13.5. The molecule has 0 bridgehead atoms. The van der Waals surface area contributed by atoms with Gasteiger partial charge in [-0.3, -0.25) is 25.3 Å². The summed E-state index contributed by atoms with van der Waals surface area (Å²) < 4.78 is 5.26. The second kappa shape index (κ2) is 7.60. The van der Waals surface area contributed by atoms with Crippen LogP contribution in [0, 0.1) is 6.92 Å². The summed E-state index contributed by atoms with van der Waals surface area (Å²) in [6.45, 7) is 4.17. The highest BCUT2D eigenvalue weighted by Gasteiger charge is 2.19. The molecular formula is C17H21N3O3. The Morgan fingerprint density at radius 1 is 1.22 bits per heavy atom. The minimum absolute atomic E-state index is 0.292. The van der Waals surface area contributed by atoms with E-state index >= 15 is 0 Å². The number of rotatable bonds is 5. The van der Waals surface area contributed by atoms with Crippen LogP contribution in [0.15, 0.2) is 47.1 Å². The van der Waals surface area contributed by atoms with Crippen LogP contribution in [0.4, 0.5) is 0 Å². The van der Waals surface area contributed by atoms with E-state index in [1.54, 1.807) is 37.5 Å². The van der Waals surface area contributed by atoms with Gasteiger partial charge in [0.05, 0.1) is 18.8 Å². The average molecular weight is 315 g/mol. The van der Waals surface area contributed by atoms with Crippen LogP contribution in [-0.4, -0.2) is 29.8 Å². The van der Waals surface area contributed by atoms with Crippen LogP contribution >= 0.6 is 0 Å². The number of benzene rings is 1. The highest BCUT2D eigenvalue weighted by Crippen LogP contribution is 2.07. The lowest BCUT2D eigenvalue weighted by atomic mass is 10.1. The molecule has 0 unspecified atom stereocenters. The Balaban J connectivity index is 1.84. The van der Waals surface area contributed by atoms with Gasteiger partial charge in [-0.25, -0.2) is 0 Å². The summed E-state index contributed by atoms with van der Waals surface area (Å²) in [5.41, 5.74) is 6.37. The topological polar surface area (TPSA) is 74.6 Å². The predicted octanol–water partition coefficient (Wildman–Crippen LogP) is 1.87. The van der Waals surface area contributed by atoms with E-state index in [-0.39, 0.29) is 11.8 Å². The Labute approximate surface area is 135 Å². The molecule has 1 aromatic heterocycles. The second-order valence-electron chi connectivity index (χ2n) is 5.48. The van der Waals surface area contributed by atoms with Crippen LogP contribution in [-0.2, 0) is 11.3 Å². The van der Waals surface area contributed by atoms with Crippen LogP contribution in [0.5, 0.6) is 0 Å². The lowest BCUT2D eigenvalue weighted by Crippen LogP contribution is -2.50. The molecule has 0 saturated carbocycles. The van der Waals surface area contributed by atoms with E-state index < -0.39 is 6.04 Å². The first-order valence-corrected chi connectivity index (χ1v) is 7.37. The number of likely N-dealkylation sites (N-methyl/N-ethyl adjacent to an activating group) is 1. The van der Waals surface area contributed by atoms with Gasteiger partial charge in [-0.2, -0.15) is 0 Å². The van der Waals surface area contributed by atoms with Crippen molar-refractivity contribution in [3.8, 4) is 0 Å². The van der Waals surface area contributed by atoms with Crippen LogP contribution < -0.4 is 10.9 Å². The molecule has 1 atom stereocenters. The molecule has 2 amide bonds. The summed E-state index contributed by atoms with van der Waals surface area (Å²) in [4.78, 5) is 25.9. The molecular weight excluding hydrogens is 294 g/mol. The van der Waals surface area contributed by atoms with Gasteiger partial charge in [-0.05, 0) is 45.2 Å². The summed E-state index contributed by atoms with van der Waals surface area (Å²) in [5.74, 6) is 0.138. The lowest BCUT2D eigenvalue weighted by molar-refractivity contribution is -0.126. The summed E-state index contributed by atoms with van der Waals surface area (Å²) in [6, 6.07) is 10.4. The van der Waals surface area contributed by atoms with E-state index in [2.05, 4.69) is 10.9 Å². The van der Waals surface area contributed by atoms with Gasteiger partial charge in [0.15, 0.2) is 0 Å². The van der Waals surface area contributed by atoms with Crippen molar-refractivity contribution in [1.29, 1.82) is 0 Å². The van der Waals surface area contributed by atoms with Crippen molar-refractivity contribution in [3.05, 3.63) is 59.5 Å². The molecule has 0 fully saturated rings. The quantitative estimate of drug-likeness (QED) is 0.826. The molecule has 23 heavy (non-hydrogen) atoms. The number of nitrogens with zero attached hydrogens (tertiary/aromatic N) is 1. The molecule has 6 nitrogen and oxygen atoms in total. The van der Waals surface area contributed by atoms with Crippen molar-refractivity contribution in [2.45, 2.75) is 26.4 Å². The minimum Gasteiger partial charge on any atom is -0.468 e. The van der Waals surface area contributed by atoms with E-state index in [4.69, 9.17) is 4.42 Å². The number of amides is 2. The Morgan fingerprint density at radius 3 is 2.65 bits per heavy atom. The summed E-state index contributed by atoms with van der Waals surface area (Å²) >= 11 is 0. The number of hydrogen-bond acceptors (Lipinski definition) is 4. The van der Waals surface area contributed by atoms with Gasteiger partial charge in [0.2, 0.25) is 0 Å². The fourth-order valence-electron chi connectivity index (χ4n) is 2.07. The van der Waals surface area contributed by atoms with E-state index in [9.17, 15) is 9.59 Å². The predicted molar refractivity (Wildman–Crippen MR) is 86.4 cm³/mol. The second-order valence-corrected chi connectivity index (χ2v) is 5.48.